The Bertz CT molecular complexity index is 485. The molecule has 1 N–H and O–H groups in total. The zero-order valence-corrected chi connectivity index (χ0v) is 12.2. The molecule has 19 heavy (non-hydrogen) atoms. The van der Waals surface area contributed by atoms with Crippen molar-refractivity contribution >= 4 is 23.7 Å². The van der Waals surface area contributed by atoms with Gasteiger partial charge in [-0.3, -0.25) is 9.69 Å². The van der Waals surface area contributed by atoms with E-state index < -0.39 is 6.04 Å². The lowest BCUT2D eigenvalue weighted by Gasteiger charge is -2.14. The first kappa shape index (κ1) is 13.9. The molecule has 0 spiro atoms. The lowest BCUT2D eigenvalue weighted by Crippen LogP contribution is -2.34. The molecule has 1 aromatic carbocycles. The van der Waals surface area contributed by atoms with Crippen molar-refractivity contribution in [2.24, 2.45) is 5.92 Å². The van der Waals surface area contributed by atoms with Gasteiger partial charge in [0.1, 0.15) is 6.04 Å². The Balaban J connectivity index is 2.10. The summed E-state index contributed by atoms with van der Waals surface area (Å²) in [7, 11) is 0. The van der Waals surface area contributed by atoms with Gasteiger partial charge in [0.15, 0.2) is 0 Å². The molecule has 0 radical (unpaired) electrons. The number of thioether (sulfide) groups is 1. The zero-order chi connectivity index (χ0) is 14.0. The molecule has 5 heteroatoms. The van der Waals surface area contributed by atoms with Crippen LogP contribution in [-0.4, -0.2) is 29.1 Å². The number of urea groups is 1. The predicted molar refractivity (Wildman–Crippen MR) is 75.9 cm³/mol. The van der Waals surface area contributed by atoms with Gasteiger partial charge in [-0.25, -0.2) is 4.79 Å². The van der Waals surface area contributed by atoms with E-state index in [2.05, 4.69) is 5.32 Å². The highest BCUT2D eigenvalue weighted by Gasteiger charge is 2.39. The van der Waals surface area contributed by atoms with Crippen molar-refractivity contribution < 1.29 is 9.59 Å². The van der Waals surface area contributed by atoms with E-state index in [4.69, 9.17) is 0 Å². The Hall–Kier alpha value is -1.49. The summed E-state index contributed by atoms with van der Waals surface area (Å²) in [6.45, 7) is 4.20. The molecule has 1 aliphatic rings. The molecule has 0 saturated carbocycles. The molecule has 1 heterocycles. The van der Waals surface area contributed by atoms with Gasteiger partial charge >= 0.3 is 6.03 Å². The van der Waals surface area contributed by atoms with E-state index in [1.165, 1.54) is 9.80 Å². The second-order valence-corrected chi connectivity index (χ2v) is 5.82. The van der Waals surface area contributed by atoms with Crippen LogP contribution in [0.5, 0.6) is 0 Å². The Morgan fingerprint density at radius 1 is 1.26 bits per heavy atom. The third-order valence-corrected chi connectivity index (χ3v) is 3.97. The molecule has 1 aliphatic heterocycles. The van der Waals surface area contributed by atoms with Gasteiger partial charge in [0.25, 0.3) is 5.91 Å². The average Bonchev–Trinajstić information content (AvgIpc) is 2.68. The van der Waals surface area contributed by atoms with Crippen LogP contribution in [-0.2, 0) is 11.3 Å². The monoisotopic (exact) mass is 278 g/mol. The number of hydrogen-bond donors (Lipinski definition) is 1. The van der Waals surface area contributed by atoms with Gasteiger partial charge in [-0.15, -0.1) is 11.8 Å². The number of nitrogens with zero attached hydrogens (tertiary/aromatic N) is 1. The Morgan fingerprint density at radius 2 is 1.89 bits per heavy atom. The number of amides is 3. The minimum Gasteiger partial charge on any atom is -0.326 e. The van der Waals surface area contributed by atoms with Gasteiger partial charge in [0, 0.05) is 4.90 Å². The standard InChI is InChI=1S/C14H18N2O2S/c1-9(2)12-13(17)16(14(18)15-12)8-10-4-6-11(19-3)7-5-10/h4-7,9,12H,8H2,1-3H3,(H,15,18)/t12-/m1/s1. The minimum absolute atomic E-state index is 0.111. The quantitative estimate of drug-likeness (QED) is 0.680. The summed E-state index contributed by atoms with van der Waals surface area (Å²) in [5, 5.41) is 2.73. The molecule has 0 unspecified atom stereocenters. The maximum absolute atomic E-state index is 12.1. The molecule has 102 valence electrons. The summed E-state index contributed by atoms with van der Waals surface area (Å²) >= 11 is 1.67. The number of carbonyl (C=O) groups excluding carboxylic acids is 2. The van der Waals surface area contributed by atoms with E-state index in [9.17, 15) is 9.59 Å². The number of carbonyl (C=O) groups is 2. The topological polar surface area (TPSA) is 49.4 Å². The van der Waals surface area contributed by atoms with Crippen LogP contribution in [0.15, 0.2) is 29.2 Å². The first-order valence-electron chi connectivity index (χ1n) is 6.27. The summed E-state index contributed by atoms with van der Waals surface area (Å²) in [6.07, 6.45) is 2.01. The summed E-state index contributed by atoms with van der Waals surface area (Å²) in [5.74, 6) is -0.0192. The smallest absolute Gasteiger partial charge is 0.325 e. The largest absolute Gasteiger partial charge is 0.326 e. The van der Waals surface area contributed by atoms with Gasteiger partial charge in [0.05, 0.1) is 6.54 Å². The third kappa shape index (κ3) is 2.92. The minimum atomic E-state index is -0.391. The third-order valence-electron chi connectivity index (χ3n) is 3.22. The van der Waals surface area contributed by atoms with Crippen molar-refractivity contribution in [1.29, 1.82) is 0 Å². The van der Waals surface area contributed by atoms with Crippen molar-refractivity contribution in [1.82, 2.24) is 10.2 Å². The lowest BCUT2D eigenvalue weighted by molar-refractivity contribution is -0.128. The van der Waals surface area contributed by atoms with Gasteiger partial charge in [-0.2, -0.15) is 0 Å². The lowest BCUT2D eigenvalue weighted by atomic mass is 10.0. The van der Waals surface area contributed by atoms with Gasteiger partial charge in [-0.05, 0) is 29.9 Å². The van der Waals surface area contributed by atoms with Crippen molar-refractivity contribution in [3.8, 4) is 0 Å². The van der Waals surface area contributed by atoms with E-state index >= 15 is 0 Å². The summed E-state index contributed by atoms with van der Waals surface area (Å²) < 4.78 is 0. The summed E-state index contributed by atoms with van der Waals surface area (Å²) in [4.78, 5) is 26.4. The molecule has 1 saturated heterocycles. The second kappa shape index (κ2) is 5.65. The molecular weight excluding hydrogens is 260 g/mol. The maximum Gasteiger partial charge on any atom is 0.325 e. The molecule has 1 fully saturated rings. The Morgan fingerprint density at radius 3 is 2.37 bits per heavy atom. The second-order valence-electron chi connectivity index (χ2n) is 4.94. The van der Waals surface area contributed by atoms with Gasteiger partial charge in [-0.1, -0.05) is 26.0 Å². The van der Waals surface area contributed by atoms with Crippen LogP contribution in [0.3, 0.4) is 0 Å². The normalized spacial score (nSPS) is 19.2. The summed E-state index contributed by atoms with van der Waals surface area (Å²) in [5.41, 5.74) is 0.964. The van der Waals surface area contributed by atoms with Gasteiger partial charge < -0.3 is 5.32 Å². The number of rotatable bonds is 4. The number of imide groups is 1. The molecule has 1 aromatic rings. The summed E-state index contributed by atoms with van der Waals surface area (Å²) in [6, 6.07) is 7.22. The highest BCUT2D eigenvalue weighted by molar-refractivity contribution is 7.98. The SMILES string of the molecule is CSc1ccc(CN2C(=O)N[C@H](C(C)C)C2=O)cc1. The molecule has 0 aliphatic carbocycles. The average molecular weight is 278 g/mol. The Labute approximate surface area is 117 Å². The first-order valence-corrected chi connectivity index (χ1v) is 7.50. The first-order chi connectivity index (χ1) is 9.02. The fourth-order valence-electron chi connectivity index (χ4n) is 2.06. The van der Waals surface area contributed by atoms with Crippen molar-refractivity contribution in [2.45, 2.75) is 31.3 Å². The maximum atomic E-state index is 12.1. The van der Waals surface area contributed by atoms with Crippen molar-refractivity contribution in [2.75, 3.05) is 6.26 Å². The molecule has 3 amide bonds. The van der Waals surface area contributed by atoms with E-state index in [0.29, 0.717) is 6.54 Å². The molecule has 0 bridgehead atoms. The van der Waals surface area contributed by atoms with E-state index in [1.807, 2.05) is 44.4 Å². The zero-order valence-electron chi connectivity index (χ0n) is 11.3. The number of nitrogens with one attached hydrogen (secondary N) is 1. The van der Waals surface area contributed by atoms with E-state index in [-0.39, 0.29) is 17.9 Å². The molecule has 1 atom stereocenters. The van der Waals surface area contributed by atoms with Crippen LogP contribution in [0.4, 0.5) is 4.79 Å². The van der Waals surface area contributed by atoms with Crippen LogP contribution >= 0.6 is 11.8 Å². The number of benzene rings is 1. The van der Waals surface area contributed by atoms with E-state index in [0.717, 1.165) is 5.56 Å². The molecule has 0 aromatic heterocycles. The predicted octanol–water partition coefficient (Wildman–Crippen LogP) is 2.48. The van der Waals surface area contributed by atoms with Crippen LogP contribution in [0, 0.1) is 5.92 Å². The van der Waals surface area contributed by atoms with Crippen LogP contribution in [0.1, 0.15) is 19.4 Å². The molecule has 2 rings (SSSR count). The molecular formula is C14H18N2O2S. The van der Waals surface area contributed by atoms with E-state index in [1.54, 1.807) is 11.8 Å². The Kier molecular flexibility index (Phi) is 4.14. The fraction of sp³-hybridized carbons (Fsp3) is 0.429. The molecule has 4 nitrogen and oxygen atoms in total. The van der Waals surface area contributed by atoms with Crippen LogP contribution in [0.2, 0.25) is 0 Å². The van der Waals surface area contributed by atoms with Crippen LogP contribution < -0.4 is 5.32 Å². The van der Waals surface area contributed by atoms with Crippen LogP contribution in [0.25, 0.3) is 0 Å². The van der Waals surface area contributed by atoms with Crippen molar-refractivity contribution in [3.63, 3.8) is 0 Å². The number of hydrogen-bond acceptors (Lipinski definition) is 3. The highest BCUT2D eigenvalue weighted by atomic mass is 32.2. The fourth-order valence-corrected chi connectivity index (χ4v) is 2.46. The van der Waals surface area contributed by atoms with Gasteiger partial charge in [0.2, 0.25) is 0 Å². The highest BCUT2D eigenvalue weighted by Crippen LogP contribution is 2.19. The van der Waals surface area contributed by atoms with Crippen molar-refractivity contribution in [3.05, 3.63) is 29.8 Å².